The van der Waals surface area contributed by atoms with Crippen molar-refractivity contribution in [3.8, 4) is 0 Å². The Morgan fingerprint density at radius 1 is 1.03 bits per heavy atom. The van der Waals surface area contributed by atoms with Gasteiger partial charge in [0, 0.05) is 27.9 Å². The molecule has 1 amide bonds. The van der Waals surface area contributed by atoms with Crippen molar-refractivity contribution in [1.82, 2.24) is 0 Å². The monoisotopic (exact) mass is 475 g/mol. The van der Waals surface area contributed by atoms with Gasteiger partial charge in [-0.05, 0) is 48.5 Å². The third-order valence-corrected chi connectivity index (χ3v) is 5.14. The van der Waals surface area contributed by atoms with Crippen molar-refractivity contribution in [3.05, 3.63) is 92.9 Å². The molecular formula is C19H14BrN3O5S. The summed E-state index contributed by atoms with van der Waals surface area (Å²) in [5.41, 5.74) is 1.14. The zero-order valence-corrected chi connectivity index (χ0v) is 17.1. The molecule has 0 aliphatic carbocycles. The van der Waals surface area contributed by atoms with Gasteiger partial charge in [0.1, 0.15) is 0 Å². The molecule has 0 saturated heterocycles. The van der Waals surface area contributed by atoms with Gasteiger partial charge >= 0.3 is 0 Å². The van der Waals surface area contributed by atoms with E-state index in [0.29, 0.717) is 11.4 Å². The lowest BCUT2D eigenvalue weighted by Gasteiger charge is -2.20. The van der Waals surface area contributed by atoms with Gasteiger partial charge in [-0.1, -0.05) is 28.1 Å². The van der Waals surface area contributed by atoms with Crippen LogP contribution >= 0.6 is 15.9 Å². The number of nitro benzene ring substituents is 1. The molecule has 1 atom stereocenters. The van der Waals surface area contributed by atoms with Crippen molar-refractivity contribution in [2.75, 3.05) is 9.62 Å². The summed E-state index contributed by atoms with van der Waals surface area (Å²) in [6.07, 6.45) is 0. The van der Waals surface area contributed by atoms with Crippen LogP contribution in [0, 0.1) is 10.1 Å². The Hall–Kier alpha value is -3.08. The Bertz CT molecular complexity index is 1090. The second-order valence-corrected chi connectivity index (χ2v) is 7.56. The number of rotatable bonds is 6. The highest BCUT2D eigenvalue weighted by Crippen LogP contribution is 2.29. The molecular weight excluding hydrogens is 462 g/mol. The van der Waals surface area contributed by atoms with E-state index in [9.17, 15) is 23.7 Å². The zero-order chi connectivity index (χ0) is 21.0. The first kappa shape index (κ1) is 20.6. The molecule has 2 N–H and O–H groups in total. The molecule has 0 aliphatic rings. The van der Waals surface area contributed by atoms with Gasteiger partial charge in [0.15, 0.2) is 0 Å². The van der Waals surface area contributed by atoms with Crippen molar-refractivity contribution in [1.29, 1.82) is 0 Å². The molecule has 0 bridgehead atoms. The van der Waals surface area contributed by atoms with Gasteiger partial charge in [0.25, 0.3) is 22.9 Å². The Kier molecular flexibility index (Phi) is 6.37. The van der Waals surface area contributed by atoms with E-state index in [2.05, 4.69) is 21.2 Å². The van der Waals surface area contributed by atoms with Crippen molar-refractivity contribution in [3.63, 3.8) is 0 Å². The summed E-state index contributed by atoms with van der Waals surface area (Å²) in [4.78, 5) is 22.9. The molecule has 0 radical (unpaired) electrons. The SMILES string of the molecule is O=C(Nc1cccc([N+](=O)[O-])c1)c1cccc(N(c2ccc(Br)cc2)S(=O)O)c1. The summed E-state index contributed by atoms with van der Waals surface area (Å²) in [6.45, 7) is 0. The number of nitro groups is 1. The summed E-state index contributed by atoms with van der Waals surface area (Å²) in [5.74, 6) is -0.508. The number of halogens is 1. The molecule has 10 heteroatoms. The van der Waals surface area contributed by atoms with E-state index in [-0.39, 0.29) is 16.9 Å². The standard InChI is InChI=1S/C19H14BrN3O5S/c20-14-7-9-16(10-8-14)22(29(27)28)17-5-1-3-13(11-17)19(24)21-15-4-2-6-18(12-15)23(25)26/h1-12H,(H,21,24)(H,27,28). The van der Waals surface area contributed by atoms with Crippen LogP contribution in [0.5, 0.6) is 0 Å². The number of amides is 1. The smallest absolute Gasteiger partial charge is 0.271 e. The van der Waals surface area contributed by atoms with Gasteiger partial charge in [-0.25, -0.2) is 8.51 Å². The van der Waals surface area contributed by atoms with Crippen molar-refractivity contribution >= 4 is 55.9 Å². The van der Waals surface area contributed by atoms with E-state index in [0.717, 1.165) is 8.78 Å². The van der Waals surface area contributed by atoms with E-state index in [1.54, 1.807) is 36.4 Å². The number of non-ortho nitro benzene ring substituents is 1. The molecule has 148 valence electrons. The maximum absolute atomic E-state index is 12.6. The lowest BCUT2D eigenvalue weighted by Crippen LogP contribution is -2.20. The predicted molar refractivity (Wildman–Crippen MR) is 115 cm³/mol. The molecule has 0 aromatic heterocycles. The largest absolute Gasteiger partial charge is 0.322 e. The summed E-state index contributed by atoms with van der Waals surface area (Å²) >= 11 is 0.944. The van der Waals surface area contributed by atoms with Gasteiger partial charge in [-0.15, -0.1) is 0 Å². The third-order valence-electron chi connectivity index (χ3n) is 3.88. The van der Waals surface area contributed by atoms with Crippen LogP contribution in [0.15, 0.2) is 77.3 Å². The summed E-state index contributed by atoms with van der Waals surface area (Å²) in [6, 6.07) is 18.5. The molecule has 8 nitrogen and oxygen atoms in total. The molecule has 0 fully saturated rings. The molecule has 0 aliphatic heterocycles. The Morgan fingerprint density at radius 2 is 1.72 bits per heavy atom. The highest BCUT2D eigenvalue weighted by Gasteiger charge is 2.17. The minimum absolute atomic E-state index is 0.145. The van der Waals surface area contributed by atoms with Crippen LogP contribution in [-0.2, 0) is 11.3 Å². The van der Waals surface area contributed by atoms with Crippen molar-refractivity contribution in [2.45, 2.75) is 0 Å². The van der Waals surface area contributed by atoms with Gasteiger partial charge in [-0.2, -0.15) is 0 Å². The molecule has 0 spiro atoms. The Morgan fingerprint density at radius 3 is 2.38 bits per heavy atom. The van der Waals surface area contributed by atoms with Crippen LogP contribution in [0.1, 0.15) is 10.4 Å². The number of nitrogens with one attached hydrogen (secondary N) is 1. The lowest BCUT2D eigenvalue weighted by atomic mass is 10.1. The number of hydrogen-bond acceptors (Lipinski definition) is 4. The fourth-order valence-electron chi connectivity index (χ4n) is 2.58. The Balaban J connectivity index is 1.88. The highest BCUT2D eigenvalue weighted by atomic mass is 79.9. The molecule has 0 saturated carbocycles. The van der Waals surface area contributed by atoms with E-state index < -0.39 is 22.1 Å². The fourth-order valence-corrected chi connectivity index (χ4v) is 3.44. The van der Waals surface area contributed by atoms with Crippen molar-refractivity contribution in [2.24, 2.45) is 0 Å². The van der Waals surface area contributed by atoms with E-state index in [1.807, 2.05) is 0 Å². The van der Waals surface area contributed by atoms with Crippen molar-refractivity contribution < 1.29 is 18.5 Å². The maximum atomic E-state index is 12.6. The fraction of sp³-hybridized carbons (Fsp3) is 0. The number of nitrogens with zero attached hydrogens (tertiary/aromatic N) is 2. The van der Waals surface area contributed by atoms with Gasteiger partial charge in [0.05, 0.1) is 16.3 Å². The molecule has 0 heterocycles. The molecule has 29 heavy (non-hydrogen) atoms. The normalized spacial score (nSPS) is 11.5. The van der Waals surface area contributed by atoms with E-state index in [1.165, 1.54) is 36.4 Å². The first-order valence-corrected chi connectivity index (χ1v) is 10.0. The summed E-state index contributed by atoms with van der Waals surface area (Å²) in [5, 5.41) is 13.5. The second-order valence-electron chi connectivity index (χ2n) is 5.81. The molecule has 3 aromatic carbocycles. The lowest BCUT2D eigenvalue weighted by molar-refractivity contribution is -0.384. The quantitative estimate of drug-likeness (QED) is 0.299. The average molecular weight is 476 g/mol. The van der Waals surface area contributed by atoms with Crippen LogP contribution in [-0.4, -0.2) is 19.6 Å². The predicted octanol–water partition coefficient (Wildman–Crippen LogP) is 4.88. The first-order chi connectivity index (χ1) is 13.8. The summed E-state index contributed by atoms with van der Waals surface area (Å²) < 4.78 is 23.7. The van der Waals surface area contributed by atoms with Crippen LogP contribution in [0.25, 0.3) is 0 Å². The minimum Gasteiger partial charge on any atom is -0.322 e. The van der Waals surface area contributed by atoms with Crippen LogP contribution < -0.4 is 9.62 Å². The number of carbonyl (C=O) groups is 1. The van der Waals surface area contributed by atoms with Crippen LogP contribution in [0.3, 0.4) is 0 Å². The summed E-state index contributed by atoms with van der Waals surface area (Å²) in [7, 11) is 0. The highest BCUT2D eigenvalue weighted by molar-refractivity contribution is 9.10. The van der Waals surface area contributed by atoms with Crippen LogP contribution in [0.4, 0.5) is 22.7 Å². The molecule has 1 unspecified atom stereocenters. The minimum atomic E-state index is -2.37. The topological polar surface area (TPSA) is 113 Å². The van der Waals surface area contributed by atoms with Gasteiger partial charge < -0.3 is 5.32 Å². The van der Waals surface area contributed by atoms with Gasteiger partial charge in [0.2, 0.25) is 0 Å². The second kappa shape index (κ2) is 8.95. The molecule has 3 rings (SSSR count). The number of hydrogen-bond donors (Lipinski definition) is 2. The van der Waals surface area contributed by atoms with E-state index in [4.69, 9.17) is 0 Å². The third kappa shape index (κ3) is 5.05. The maximum Gasteiger partial charge on any atom is 0.271 e. The Labute approximate surface area is 176 Å². The number of anilines is 3. The number of carbonyl (C=O) groups excluding carboxylic acids is 1. The van der Waals surface area contributed by atoms with Crippen LogP contribution in [0.2, 0.25) is 0 Å². The van der Waals surface area contributed by atoms with Gasteiger partial charge in [-0.3, -0.25) is 19.5 Å². The average Bonchev–Trinajstić information content (AvgIpc) is 2.70. The van der Waals surface area contributed by atoms with E-state index >= 15 is 0 Å². The molecule has 3 aromatic rings. The zero-order valence-electron chi connectivity index (χ0n) is 14.7. The number of benzene rings is 3. The first-order valence-electron chi connectivity index (χ1n) is 8.17.